The molecule has 1 atom stereocenters. The fourth-order valence-electron chi connectivity index (χ4n) is 4.55. The van der Waals surface area contributed by atoms with Crippen molar-refractivity contribution in [2.75, 3.05) is 4.90 Å². The molecule has 186 valence electrons. The fraction of sp³-hybridized carbons (Fsp3) is 0.103. The van der Waals surface area contributed by atoms with Crippen molar-refractivity contribution in [3.8, 4) is 5.75 Å². The Morgan fingerprint density at radius 2 is 1.57 bits per heavy atom. The van der Waals surface area contributed by atoms with Crippen LogP contribution in [0.2, 0.25) is 0 Å². The van der Waals surface area contributed by atoms with E-state index >= 15 is 0 Å². The first kappa shape index (κ1) is 24.1. The average molecular weight is 503 g/mol. The summed E-state index contributed by atoms with van der Waals surface area (Å²) in [6.45, 7) is 1.85. The lowest BCUT2D eigenvalue weighted by molar-refractivity contribution is -0.274. The van der Waals surface area contributed by atoms with Crippen molar-refractivity contribution in [3.63, 3.8) is 0 Å². The van der Waals surface area contributed by atoms with E-state index in [1.165, 1.54) is 17.0 Å². The second-order valence-electron chi connectivity index (χ2n) is 8.69. The van der Waals surface area contributed by atoms with Gasteiger partial charge in [-0.3, -0.25) is 14.5 Å². The van der Waals surface area contributed by atoms with Crippen molar-refractivity contribution >= 4 is 33.9 Å². The number of ketones is 1. The highest BCUT2D eigenvalue weighted by Gasteiger charge is 2.47. The minimum atomic E-state index is -4.87. The van der Waals surface area contributed by atoms with Gasteiger partial charge in [0.25, 0.3) is 11.7 Å². The molecule has 5 rings (SSSR count). The molecule has 37 heavy (non-hydrogen) atoms. The van der Waals surface area contributed by atoms with Crippen LogP contribution >= 0.6 is 0 Å². The molecular formula is C29H20F3NO4. The van der Waals surface area contributed by atoms with E-state index in [0.717, 1.165) is 28.5 Å². The van der Waals surface area contributed by atoms with E-state index in [9.17, 15) is 27.9 Å². The number of aliphatic hydroxyl groups is 1. The number of nitrogens with zero attached hydrogens (tertiary/aromatic N) is 1. The van der Waals surface area contributed by atoms with E-state index in [1.807, 2.05) is 43.3 Å². The Hall–Kier alpha value is -4.59. The lowest BCUT2D eigenvalue weighted by Gasteiger charge is -2.26. The van der Waals surface area contributed by atoms with Crippen molar-refractivity contribution in [1.82, 2.24) is 0 Å². The molecule has 1 aliphatic heterocycles. The van der Waals surface area contributed by atoms with Gasteiger partial charge in [-0.25, -0.2) is 0 Å². The quantitative estimate of drug-likeness (QED) is 0.192. The third kappa shape index (κ3) is 4.65. The first-order valence-electron chi connectivity index (χ1n) is 11.3. The Morgan fingerprint density at radius 3 is 2.24 bits per heavy atom. The first-order valence-corrected chi connectivity index (χ1v) is 11.3. The molecule has 0 aromatic heterocycles. The number of fused-ring (bicyclic) bond motifs is 1. The lowest BCUT2D eigenvalue weighted by atomic mass is 9.93. The summed E-state index contributed by atoms with van der Waals surface area (Å²) < 4.78 is 41.8. The maximum Gasteiger partial charge on any atom is 0.573 e. The molecule has 1 amide bonds. The van der Waals surface area contributed by atoms with Gasteiger partial charge in [0.2, 0.25) is 0 Å². The number of Topliss-reactive ketones (excluding diaryl/α,β-unsaturated/α-hetero) is 1. The average Bonchev–Trinajstić information content (AvgIpc) is 3.13. The van der Waals surface area contributed by atoms with Crippen LogP contribution in [0.5, 0.6) is 5.75 Å². The Balaban J connectivity index is 1.65. The third-order valence-corrected chi connectivity index (χ3v) is 6.17. The number of carbonyl (C=O) groups excluding carboxylic acids is 2. The van der Waals surface area contributed by atoms with E-state index < -0.39 is 29.8 Å². The van der Waals surface area contributed by atoms with E-state index in [-0.39, 0.29) is 17.0 Å². The monoisotopic (exact) mass is 503 g/mol. The van der Waals surface area contributed by atoms with Crippen LogP contribution in [-0.2, 0) is 9.59 Å². The summed E-state index contributed by atoms with van der Waals surface area (Å²) in [5.41, 5.74) is 1.87. The highest BCUT2D eigenvalue weighted by Crippen LogP contribution is 2.43. The number of hydrogen-bond acceptors (Lipinski definition) is 4. The van der Waals surface area contributed by atoms with Crippen LogP contribution in [0.15, 0.2) is 96.6 Å². The number of hydrogen-bond donors (Lipinski definition) is 1. The Kier molecular flexibility index (Phi) is 5.95. The minimum Gasteiger partial charge on any atom is -0.507 e. The van der Waals surface area contributed by atoms with Gasteiger partial charge in [-0.1, -0.05) is 66.2 Å². The molecule has 1 unspecified atom stereocenters. The van der Waals surface area contributed by atoms with Crippen LogP contribution < -0.4 is 9.64 Å². The summed E-state index contributed by atoms with van der Waals surface area (Å²) in [5.74, 6) is -2.60. The van der Waals surface area contributed by atoms with Gasteiger partial charge in [0.1, 0.15) is 11.5 Å². The largest absolute Gasteiger partial charge is 0.573 e. The van der Waals surface area contributed by atoms with Crippen LogP contribution in [0.1, 0.15) is 22.7 Å². The van der Waals surface area contributed by atoms with Crippen molar-refractivity contribution in [3.05, 3.63) is 113 Å². The van der Waals surface area contributed by atoms with Gasteiger partial charge in [-0.05, 0) is 53.6 Å². The summed E-state index contributed by atoms with van der Waals surface area (Å²) >= 11 is 0. The van der Waals surface area contributed by atoms with Crippen LogP contribution in [0.25, 0.3) is 16.5 Å². The fourth-order valence-corrected chi connectivity index (χ4v) is 4.55. The van der Waals surface area contributed by atoms with Gasteiger partial charge >= 0.3 is 6.36 Å². The number of aryl methyl sites for hydroxylation is 1. The van der Waals surface area contributed by atoms with Crippen LogP contribution in [0.4, 0.5) is 18.9 Å². The topological polar surface area (TPSA) is 66.8 Å². The molecule has 1 saturated heterocycles. The predicted octanol–water partition coefficient (Wildman–Crippen LogP) is 6.67. The zero-order chi connectivity index (χ0) is 26.3. The maximum absolute atomic E-state index is 13.3. The maximum atomic E-state index is 13.3. The summed E-state index contributed by atoms with van der Waals surface area (Å²) in [4.78, 5) is 27.8. The number of anilines is 1. The van der Waals surface area contributed by atoms with Crippen molar-refractivity contribution in [2.24, 2.45) is 0 Å². The van der Waals surface area contributed by atoms with Gasteiger partial charge < -0.3 is 9.84 Å². The molecule has 8 heteroatoms. The van der Waals surface area contributed by atoms with Gasteiger partial charge in [0.15, 0.2) is 0 Å². The molecule has 0 saturated carbocycles. The SMILES string of the molecule is Cc1cccc(C2/C(=C(/O)c3ccc4ccccc4c3)C(=O)C(=O)N2c2ccc(OC(F)(F)F)cc2)c1. The van der Waals surface area contributed by atoms with E-state index in [1.54, 1.807) is 30.3 Å². The molecule has 4 aromatic carbocycles. The minimum absolute atomic E-state index is 0.110. The van der Waals surface area contributed by atoms with E-state index in [4.69, 9.17) is 0 Å². The molecule has 4 aromatic rings. The lowest BCUT2D eigenvalue weighted by Crippen LogP contribution is -2.29. The number of amides is 1. The van der Waals surface area contributed by atoms with Crippen LogP contribution in [0, 0.1) is 6.92 Å². The first-order chi connectivity index (χ1) is 17.6. The van der Waals surface area contributed by atoms with Crippen LogP contribution in [0.3, 0.4) is 0 Å². The number of alkyl halides is 3. The highest BCUT2D eigenvalue weighted by atomic mass is 19.4. The van der Waals surface area contributed by atoms with Crippen LogP contribution in [-0.4, -0.2) is 23.2 Å². The number of carbonyl (C=O) groups is 2. The molecule has 1 N–H and O–H groups in total. The number of ether oxygens (including phenoxy) is 1. The number of halogens is 3. The highest BCUT2D eigenvalue weighted by molar-refractivity contribution is 6.51. The van der Waals surface area contributed by atoms with Crippen molar-refractivity contribution in [1.29, 1.82) is 0 Å². The normalized spacial score (nSPS) is 17.4. The van der Waals surface area contributed by atoms with Gasteiger partial charge in [0.05, 0.1) is 11.6 Å². The summed E-state index contributed by atoms with van der Waals surface area (Å²) in [5, 5.41) is 13.1. The predicted molar refractivity (Wildman–Crippen MR) is 133 cm³/mol. The number of aliphatic hydroxyl groups excluding tert-OH is 1. The van der Waals surface area contributed by atoms with E-state index in [2.05, 4.69) is 4.74 Å². The zero-order valence-electron chi connectivity index (χ0n) is 19.5. The Bertz CT molecular complexity index is 1560. The molecule has 1 aliphatic rings. The zero-order valence-corrected chi connectivity index (χ0v) is 19.5. The second kappa shape index (κ2) is 9.13. The third-order valence-electron chi connectivity index (χ3n) is 6.17. The van der Waals surface area contributed by atoms with Crippen molar-refractivity contribution < 1.29 is 32.6 Å². The molecule has 0 aliphatic carbocycles. The van der Waals surface area contributed by atoms with Gasteiger partial charge in [-0.2, -0.15) is 0 Å². The van der Waals surface area contributed by atoms with Gasteiger partial charge in [0, 0.05) is 11.3 Å². The second-order valence-corrected chi connectivity index (χ2v) is 8.69. The molecule has 1 fully saturated rings. The number of benzene rings is 4. The van der Waals surface area contributed by atoms with Gasteiger partial charge in [-0.15, -0.1) is 13.2 Å². The summed E-state index contributed by atoms with van der Waals surface area (Å²) in [6.07, 6.45) is -4.87. The molecule has 0 radical (unpaired) electrons. The van der Waals surface area contributed by atoms with E-state index in [0.29, 0.717) is 11.1 Å². The number of rotatable bonds is 4. The molecular weight excluding hydrogens is 483 g/mol. The Morgan fingerprint density at radius 1 is 0.865 bits per heavy atom. The summed E-state index contributed by atoms with van der Waals surface area (Å²) in [7, 11) is 0. The standard InChI is InChI=1S/C29H20F3NO4/c1-17-5-4-8-20(15-17)25-24(26(34)21-10-9-18-6-2-3-7-19(18)16-21)27(35)28(36)33(25)22-11-13-23(14-12-22)37-29(30,31)32/h2-16,25,34H,1H3/b26-24-. The smallest absolute Gasteiger partial charge is 0.507 e. The molecule has 1 heterocycles. The Labute approximate surface area is 210 Å². The van der Waals surface area contributed by atoms with Crippen molar-refractivity contribution in [2.45, 2.75) is 19.3 Å². The molecule has 5 nitrogen and oxygen atoms in total. The summed E-state index contributed by atoms with van der Waals surface area (Å²) in [6, 6.07) is 23.5. The molecule has 0 spiro atoms. The molecule has 0 bridgehead atoms.